The third kappa shape index (κ3) is 3.70. The molecule has 2 rings (SSSR count). The molecule has 0 aliphatic carbocycles. The van der Waals surface area contributed by atoms with Gasteiger partial charge in [0.05, 0.1) is 5.75 Å². The van der Waals surface area contributed by atoms with E-state index in [1.165, 1.54) is 0 Å². The monoisotopic (exact) mass is 298 g/mol. The van der Waals surface area contributed by atoms with Gasteiger partial charge in [0.15, 0.2) is 0 Å². The number of rotatable bonds is 3. The van der Waals surface area contributed by atoms with Crippen LogP contribution < -0.4 is 5.32 Å². The Labute approximate surface area is 110 Å². The lowest BCUT2D eigenvalue weighted by molar-refractivity contribution is -0.0953. The van der Waals surface area contributed by atoms with Crippen molar-refractivity contribution < 1.29 is 21.6 Å². The summed E-state index contributed by atoms with van der Waals surface area (Å²) in [5.41, 5.74) is -0.627. The highest BCUT2D eigenvalue weighted by Gasteiger charge is 2.37. The van der Waals surface area contributed by atoms with Gasteiger partial charge >= 0.3 is 6.18 Å². The average Bonchev–Trinajstić information content (AvgIpc) is 2.80. The van der Waals surface area contributed by atoms with Crippen LogP contribution in [0.3, 0.4) is 0 Å². The quantitative estimate of drug-likeness (QED) is 0.798. The summed E-state index contributed by atoms with van der Waals surface area (Å²) in [4.78, 5) is 0. The summed E-state index contributed by atoms with van der Waals surface area (Å²) in [7, 11) is -3.48. The van der Waals surface area contributed by atoms with E-state index in [1.54, 1.807) is 0 Å². The van der Waals surface area contributed by atoms with Crippen molar-refractivity contribution in [3.05, 3.63) is 11.6 Å². The Bertz CT molecular complexity index is 453. The molecule has 8 heteroatoms. The van der Waals surface area contributed by atoms with Crippen molar-refractivity contribution in [3.63, 3.8) is 0 Å². The van der Waals surface area contributed by atoms with E-state index < -0.39 is 21.8 Å². The highest BCUT2D eigenvalue weighted by Crippen LogP contribution is 2.30. The maximum absolute atomic E-state index is 12.4. The average molecular weight is 298 g/mol. The lowest BCUT2D eigenvalue weighted by Crippen LogP contribution is -2.42. The van der Waals surface area contributed by atoms with Crippen LogP contribution in [-0.2, 0) is 10.0 Å². The van der Waals surface area contributed by atoms with Gasteiger partial charge in [0.1, 0.15) is 0 Å². The lowest BCUT2D eigenvalue weighted by Gasteiger charge is -2.27. The maximum atomic E-state index is 12.4. The molecule has 1 fully saturated rings. The smallest absolute Gasteiger partial charge is 0.313 e. The van der Waals surface area contributed by atoms with Crippen molar-refractivity contribution in [1.29, 1.82) is 0 Å². The molecule has 0 aromatic carbocycles. The van der Waals surface area contributed by atoms with Crippen LogP contribution in [0.2, 0.25) is 0 Å². The molecule has 1 atom stereocenters. The first kappa shape index (κ1) is 14.8. The van der Waals surface area contributed by atoms with Crippen LogP contribution in [-0.4, -0.2) is 50.3 Å². The van der Waals surface area contributed by atoms with Crippen molar-refractivity contribution in [2.45, 2.75) is 31.5 Å². The van der Waals surface area contributed by atoms with Crippen molar-refractivity contribution >= 4 is 10.0 Å². The predicted octanol–water partition coefficient (Wildman–Crippen LogP) is 1.26. The molecule has 0 radical (unpaired) electrons. The Morgan fingerprint density at radius 1 is 1.42 bits per heavy atom. The normalized spacial score (nSPS) is 26.5. The minimum atomic E-state index is -4.34. The van der Waals surface area contributed by atoms with Gasteiger partial charge in [-0.3, -0.25) is 0 Å². The van der Waals surface area contributed by atoms with Crippen molar-refractivity contribution in [2.75, 3.05) is 25.4 Å². The molecule has 1 unspecified atom stereocenters. The molecule has 0 saturated carbocycles. The van der Waals surface area contributed by atoms with Gasteiger partial charge in [-0.15, -0.1) is 0 Å². The van der Waals surface area contributed by atoms with E-state index in [4.69, 9.17) is 0 Å². The number of nitrogens with zero attached hydrogens (tertiary/aromatic N) is 1. The fourth-order valence-corrected chi connectivity index (χ4v) is 4.09. The van der Waals surface area contributed by atoms with E-state index in [1.807, 2.05) is 0 Å². The van der Waals surface area contributed by atoms with Gasteiger partial charge in [-0.2, -0.15) is 17.5 Å². The zero-order chi connectivity index (χ0) is 14.1. The van der Waals surface area contributed by atoms with E-state index >= 15 is 0 Å². The van der Waals surface area contributed by atoms with Gasteiger partial charge in [-0.05, 0) is 25.8 Å². The molecular weight excluding hydrogens is 281 g/mol. The van der Waals surface area contributed by atoms with Gasteiger partial charge in [0, 0.05) is 24.7 Å². The Morgan fingerprint density at radius 2 is 2.16 bits per heavy atom. The Hall–Kier alpha value is -0.600. The summed E-state index contributed by atoms with van der Waals surface area (Å²) >= 11 is 0. The molecule has 19 heavy (non-hydrogen) atoms. The molecule has 0 bridgehead atoms. The van der Waals surface area contributed by atoms with Crippen LogP contribution in [0.1, 0.15) is 19.3 Å². The van der Waals surface area contributed by atoms with E-state index in [2.05, 4.69) is 5.32 Å². The Morgan fingerprint density at radius 3 is 2.63 bits per heavy atom. The number of alkyl halides is 3. The summed E-state index contributed by atoms with van der Waals surface area (Å²) < 4.78 is 62.6. The number of hydrogen-bond donors (Lipinski definition) is 1. The minimum Gasteiger partial charge on any atom is -0.313 e. The fourth-order valence-electron chi connectivity index (χ4n) is 2.42. The molecule has 4 nitrogen and oxygen atoms in total. The maximum Gasteiger partial charge on any atom is 0.412 e. The number of sulfonamides is 1. The molecule has 0 aromatic rings. The van der Waals surface area contributed by atoms with Crippen molar-refractivity contribution in [2.24, 2.45) is 0 Å². The molecule has 110 valence electrons. The lowest BCUT2D eigenvalue weighted by atomic mass is 10.1. The van der Waals surface area contributed by atoms with Crippen molar-refractivity contribution in [1.82, 2.24) is 9.62 Å². The summed E-state index contributed by atoms with van der Waals surface area (Å²) in [6.07, 6.45) is -1.89. The molecule has 0 amide bonds. The van der Waals surface area contributed by atoms with E-state index in [0.717, 1.165) is 29.8 Å². The molecule has 0 spiro atoms. The van der Waals surface area contributed by atoms with E-state index in [0.29, 0.717) is 0 Å². The van der Waals surface area contributed by atoms with Crippen molar-refractivity contribution in [3.8, 4) is 0 Å². The number of halogens is 3. The topological polar surface area (TPSA) is 49.4 Å². The van der Waals surface area contributed by atoms with Crippen LogP contribution in [0.4, 0.5) is 13.2 Å². The van der Waals surface area contributed by atoms with Crippen LogP contribution in [0.5, 0.6) is 0 Å². The zero-order valence-corrected chi connectivity index (χ0v) is 11.2. The summed E-state index contributed by atoms with van der Waals surface area (Å²) in [5.74, 6) is -0.0256. The molecule has 1 N–H and O–H groups in total. The number of hydrogen-bond acceptors (Lipinski definition) is 3. The Balaban J connectivity index is 1.98. The zero-order valence-electron chi connectivity index (χ0n) is 10.4. The summed E-state index contributed by atoms with van der Waals surface area (Å²) in [6, 6.07) is -0.0713. The fraction of sp³-hybridized carbons (Fsp3) is 0.818. The molecule has 2 aliphatic rings. The summed E-state index contributed by atoms with van der Waals surface area (Å²) in [6.45, 7) is 0.544. The largest absolute Gasteiger partial charge is 0.412 e. The molecule has 0 aromatic heterocycles. The molecule has 1 saturated heterocycles. The van der Waals surface area contributed by atoms with Crippen LogP contribution in [0, 0.1) is 0 Å². The molecular formula is C11H17F3N2O2S. The SMILES string of the molecule is O=S(=O)(CC1CCCN1)N1CC=C(C(F)(F)F)CC1. The highest BCUT2D eigenvalue weighted by molar-refractivity contribution is 7.89. The van der Waals surface area contributed by atoms with Crippen LogP contribution in [0.15, 0.2) is 11.6 Å². The summed E-state index contributed by atoms with van der Waals surface area (Å²) in [5, 5.41) is 3.08. The minimum absolute atomic E-state index is 0.0256. The second-order valence-corrected chi connectivity index (χ2v) is 6.92. The third-order valence-corrected chi connectivity index (χ3v) is 5.45. The van der Waals surface area contributed by atoms with Gasteiger partial charge in [0.2, 0.25) is 10.0 Å². The van der Waals surface area contributed by atoms with E-state index in [-0.39, 0.29) is 31.3 Å². The van der Waals surface area contributed by atoms with Crippen LogP contribution >= 0.6 is 0 Å². The predicted molar refractivity (Wildman–Crippen MR) is 65.1 cm³/mol. The first-order chi connectivity index (χ1) is 8.79. The molecule has 2 heterocycles. The standard InChI is InChI=1S/C11H17F3N2O2S/c12-11(13,14)9-3-6-16(7-4-9)19(17,18)8-10-2-1-5-15-10/h3,10,15H,1-2,4-8H2. The van der Waals surface area contributed by atoms with Crippen LogP contribution in [0.25, 0.3) is 0 Å². The van der Waals surface area contributed by atoms with E-state index in [9.17, 15) is 21.6 Å². The van der Waals surface area contributed by atoms with Gasteiger partial charge in [0.25, 0.3) is 0 Å². The first-order valence-corrected chi connectivity index (χ1v) is 7.87. The third-order valence-electron chi connectivity index (χ3n) is 3.50. The Kier molecular flexibility index (Phi) is 4.22. The molecule has 2 aliphatic heterocycles. The second-order valence-electron chi connectivity index (χ2n) is 4.91. The number of nitrogens with one attached hydrogen (secondary N) is 1. The van der Waals surface area contributed by atoms with Gasteiger partial charge in [-0.25, -0.2) is 8.42 Å². The first-order valence-electron chi connectivity index (χ1n) is 6.26. The van der Waals surface area contributed by atoms with Gasteiger partial charge in [-0.1, -0.05) is 6.08 Å². The highest BCUT2D eigenvalue weighted by atomic mass is 32.2. The van der Waals surface area contributed by atoms with Gasteiger partial charge < -0.3 is 5.32 Å². The second kappa shape index (κ2) is 5.41.